The molecule has 0 saturated carbocycles. The van der Waals surface area contributed by atoms with Crippen molar-refractivity contribution in [1.82, 2.24) is 0 Å². The molecule has 3 heteroatoms. The fourth-order valence-corrected chi connectivity index (χ4v) is 1.48. The van der Waals surface area contributed by atoms with Gasteiger partial charge in [-0.1, -0.05) is 38.1 Å². The fraction of sp³-hybridized carbons (Fsp3) is 0.417. The van der Waals surface area contributed by atoms with E-state index in [1.165, 1.54) is 5.56 Å². The summed E-state index contributed by atoms with van der Waals surface area (Å²) in [6.45, 7) is 4.25. The second kappa shape index (κ2) is 4.94. The highest BCUT2D eigenvalue weighted by Gasteiger charge is 2.10. The predicted octanol–water partition coefficient (Wildman–Crippen LogP) is 1.69. The van der Waals surface area contributed by atoms with Crippen LogP contribution in [0.3, 0.4) is 0 Å². The SMILES string of the molecule is CC(C)c1cccc(C(N)CC(N)=O)c1. The van der Waals surface area contributed by atoms with Gasteiger partial charge in [0.1, 0.15) is 0 Å². The number of benzene rings is 1. The van der Waals surface area contributed by atoms with E-state index < -0.39 is 0 Å². The zero-order valence-electron chi connectivity index (χ0n) is 9.23. The van der Waals surface area contributed by atoms with Crippen molar-refractivity contribution in [3.05, 3.63) is 35.4 Å². The number of carbonyl (C=O) groups excluding carboxylic acids is 1. The molecule has 0 heterocycles. The molecule has 1 amide bonds. The molecule has 82 valence electrons. The Labute approximate surface area is 90.5 Å². The first-order valence-corrected chi connectivity index (χ1v) is 5.14. The highest BCUT2D eigenvalue weighted by atomic mass is 16.1. The van der Waals surface area contributed by atoms with E-state index in [1.807, 2.05) is 18.2 Å². The monoisotopic (exact) mass is 206 g/mol. The third-order valence-electron chi connectivity index (χ3n) is 2.43. The number of carbonyl (C=O) groups is 1. The molecule has 0 saturated heterocycles. The summed E-state index contributed by atoms with van der Waals surface area (Å²) in [4.78, 5) is 10.7. The molecule has 0 aliphatic carbocycles. The van der Waals surface area contributed by atoms with Crippen molar-refractivity contribution < 1.29 is 4.79 Å². The Bertz CT molecular complexity index is 347. The standard InChI is InChI=1S/C12H18N2O/c1-8(2)9-4-3-5-10(6-9)11(13)7-12(14)15/h3-6,8,11H,7,13H2,1-2H3,(H2,14,15). The second-order valence-corrected chi connectivity index (χ2v) is 4.10. The van der Waals surface area contributed by atoms with Gasteiger partial charge in [-0.2, -0.15) is 0 Å². The molecule has 1 rings (SSSR count). The summed E-state index contributed by atoms with van der Waals surface area (Å²) in [5, 5.41) is 0. The van der Waals surface area contributed by atoms with Gasteiger partial charge < -0.3 is 11.5 Å². The zero-order chi connectivity index (χ0) is 11.4. The second-order valence-electron chi connectivity index (χ2n) is 4.10. The molecule has 0 aliphatic rings. The highest BCUT2D eigenvalue weighted by molar-refractivity contribution is 5.74. The van der Waals surface area contributed by atoms with Crippen LogP contribution >= 0.6 is 0 Å². The lowest BCUT2D eigenvalue weighted by Gasteiger charge is -2.12. The van der Waals surface area contributed by atoms with Crippen LogP contribution < -0.4 is 11.5 Å². The van der Waals surface area contributed by atoms with Crippen molar-refractivity contribution in [1.29, 1.82) is 0 Å². The van der Waals surface area contributed by atoms with Crippen molar-refractivity contribution in [3.63, 3.8) is 0 Å². The molecule has 1 unspecified atom stereocenters. The van der Waals surface area contributed by atoms with Gasteiger partial charge >= 0.3 is 0 Å². The summed E-state index contributed by atoms with van der Waals surface area (Å²) in [5.41, 5.74) is 13.2. The maximum absolute atomic E-state index is 10.7. The van der Waals surface area contributed by atoms with Crippen molar-refractivity contribution in [2.24, 2.45) is 11.5 Å². The average molecular weight is 206 g/mol. The van der Waals surface area contributed by atoms with Crippen molar-refractivity contribution in [3.8, 4) is 0 Å². The molecule has 0 fully saturated rings. The number of nitrogens with two attached hydrogens (primary N) is 2. The summed E-state index contributed by atoms with van der Waals surface area (Å²) in [7, 11) is 0. The third-order valence-corrected chi connectivity index (χ3v) is 2.43. The van der Waals surface area contributed by atoms with Crippen LogP contribution in [0.4, 0.5) is 0 Å². The van der Waals surface area contributed by atoms with Crippen LogP contribution in [0.1, 0.15) is 43.4 Å². The van der Waals surface area contributed by atoms with Gasteiger partial charge in [-0.3, -0.25) is 4.79 Å². The molecule has 1 aromatic carbocycles. The highest BCUT2D eigenvalue weighted by Crippen LogP contribution is 2.20. The van der Waals surface area contributed by atoms with Crippen LogP contribution in [0.2, 0.25) is 0 Å². The number of rotatable bonds is 4. The van der Waals surface area contributed by atoms with Gasteiger partial charge in [0, 0.05) is 12.5 Å². The van der Waals surface area contributed by atoms with E-state index in [-0.39, 0.29) is 18.4 Å². The lowest BCUT2D eigenvalue weighted by Crippen LogP contribution is -2.20. The van der Waals surface area contributed by atoms with Crippen LogP contribution in [0, 0.1) is 0 Å². The Hall–Kier alpha value is -1.35. The molecule has 1 aromatic rings. The van der Waals surface area contributed by atoms with E-state index in [2.05, 4.69) is 19.9 Å². The zero-order valence-corrected chi connectivity index (χ0v) is 9.23. The maximum Gasteiger partial charge on any atom is 0.219 e. The van der Waals surface area contributed by atoms with Gasteiger partial charge in [-0.25, -0.2) is 0 Å². The first kappa shape index (κ1) is 11.7. The Morgan fingerprint density at radius 1 is 1.33 bits per heavy atom. The summed E-state index contributed by atoms with van der Waals surface area (Å²) < 4.78 is 0. The molecule has 0 spiro atoms. The Morgan fingerprint density at radius 2 is 1.93 bits per heavy atom. The first-order valence-electron chi connectivity index (χ1n) is 5.14. The van der Waals surface area contributed by atoms with Gasteiger partial charge in [0.2, 0.25) is 5.91 Å². The van der Waals surface area contributed by atoms with Gasteiger partial charge in [-0.15, -0.1) is 0 Å². The number of primary amides is 1. The van der Waals surface area contributed by atoms with Crippen molar-refractivity contribution >= 4 is 5.91 Å². The van der Waals surface area contributed by atoms with E-state index in [0.717, 1.165) is 5.56 Å². The van der Waals surface area contributed by atoms with E-state index in [0.29, 0.717) is 5.92 Å². The van der Waals surface area contributed by atoms with Crippen LogP contribution in [0.25, 0.3) is 0 Å². The summed E-state index contributed by atoms with van der Waals surface area (Å²) in [6.07, 6.45) is 0.196. The Morgan fingerprint density at radius 3 is 2.47 bits per heavy atom. The molecule has 0 bridgehead atoms. The molecule has 4 N–H and O–H groups in total. The molecule has 0 aromatic heterocycles. The average Bonchev–Trinajstić information content (AvgIpc) is 2.17. The maximum atomic E-state index is 10.7. The molecular formula is C12H18N2O. The summed E-state index contributed by atoms with van der Waals surface area (Å²) in [5.74, 6) is 0.100. The summed E-state index contributed by atoms with van der Waals surface area (Å²) >= 11 is 0. The third kappa shape index (κ3) is 3.36. The van der Waals surface area contributed by atoms with Gasteiger partial charge in [0.05, 0.1) is 0 Å². The molecule has 0 radical (unpaired) electrons. The topological polar surface area (TPSA) is 69.1 Å². The summed E-state index contributed by atoms with van der Waals surface area (Å²) in [6, 6.07) is 7.70. The van der Waals surface area contributed by atoms with E-state index in [1.54, 1.807) is 0 Å². The molecule has 3 nitrogen and oxygen atoms in total. The predicted molar refractivity (Wildman–Crippen MR) is 61.3 cm³/mol. The molecular weight excluding hydrogens is 188 g/mol. The van der Waals surface area contributed by atoms with Gasteiger partial charge in [-0.05, 0) is 17.0 Å². The number of hydrogen-bond donors (Lipinski definition) is 2. The smallest absolute Gasteiger partial charge is 0.219 e. The molecule has 0 aliphatic heterocycles. The van der Waals surface area contributed by atoms with Gasteiger partial charge in [0.15, 0.2) is 0 Å². The van der Waals surface area contributed by atoms with Gasteiger partial charge in [0.25, 0.3) is 0 Å². The van der Waals surface area contributed by atoms with Crippen molar-refractivity contribution in [2.45, 2.75) is 32.2 Å². The lowest BCUT2D eigenvalue weighted by molar-refractivity contribution is -0.118. The van der Waals surface area contributed by atoms with Crippen LogP contribution in [0.15, 0.2) is 24.3 Å². The van der Waals surface area contributed by atoms with Crippen LogP contribution in [-0.2, 0) is 4.79 Å². The number of amides is 1. The van der Waals surface area contributed by atoms with Crippen LogP contribution in [0.5, 0.6) is 0 Å². The van der Waals surface area contributed by atoms with E-state index in [4.69, 9.17) is 11.5 Å². The normalized spacial score (nSPS) is 12.8. The fourth-order valence-electron chi connectivity index (χ4n) is 1.48. The minimum atomic E-state index is -0.363. The first-order chi connectivity index (χ1) is 7.00. The largest absolute Gasteiger partial charge is 0.370 e. The van der Waals surface area contributed by atoms with E-state index in [9.17, 15) is 4.79 Å². The minimum Gasteiger partial charge on any atom is -0.370 e. The molecule has 1 atom stereocenters. The molecule has 15 heavy (non-hydrogen) atoms. The quantitative estimate of drug-likeness (QED) is 0.787. The lowest BCUT2D eigenvalue weighted by atomic mass is 9.97. The Balaban J connectivity index is 2.85. The van der Waals surface area contributed by atoms with Crippen molar-refractivity contribution in [2.75, 3.05) is 0 Å². The number of hydrogen-bond acceptors (Lipinski definition) is 2. The van der Waals surface area contributed by atoms with E-state index >= 15 is 0 Å². The Kier molecular flexibility index (Phi) is 3.86. The minimum absolute atomic E-state index is 0.196. The van der Waals surface area contributed by atoms with Crippen LogP contribution in [-0.4, -0.2) is 5.91 Å².